The monoisotopic (exact) mass is 439 g/mol. The van der Waals surface area contributed by atoms with E-state index in [0.29, 0.717) is 5.02 Å². The number of rotatable bonds is 7. The number of carbonyl (C=O) groups excluding carboxylic acids is 2. The Hall–Kier alpha value is -2.37. The first-order valence-electron chi connectivity index (χ1n) is 11.1. The summed E-state index contributed by atoms with van der Waals surface area (Å²) in [5.74, 6) is -0.0749. The summed E-state index contributed by atoms with van der Waals surface area (Å²) in [5.41, 5.74) is 8.08. The van der Waals surface area contributed by atoms with Crippen molar-refractivity contribution in [2.24, 2.45) is 11.7 Å². The van der Waals surface area contributed by atoms with Crippen molar-refractivity contribution in [3.63, 3.8) is 0 Å². The third-order valence-corrected chi connectivity index (χ3v) is 7.21. The van der Waals surface area contributed by atoms with E-state index in [-0.39, 0.29) is 17.7 Å². The zero-order valence-corrected chi connectivity index (χ0v) is 18.5. The van der Waals surface area contributed by atoms with E-state index in [4.69, 9.17) is 17.3 Å². The number of likely N-dealkylation sites (tertiary alicyclic amines) is 1. The SMILES string of the molecule is NC(=O)C1CCN(CCc2ccc(NC(=O)C3(c4ccc(Cl)cc4)CCC3)cc2)CC1. The number of hydrogen-bond acceptors (Lipinski definition) is 3. The standard InChI is InChI=1S/C25H30ClN3O2/c26-21-6-4-20(5-7-21)25(13-1-14-25)24(31)28-22-8-2-18(3-9-22)10-15-29-16-11-19(12-17-29)23(27)30/h2-9,19H,1,10-17H2,(H2,27,30)(H,28,31). The minimum Gasteiger partial charge on any atom is -0.369 e. The summed E-state index contributed by atoms with van der Waals surface area (Å²) in [6, 6.07) is 15.8. The summed E-state index contributed by atoms with van der Waals surface area (Å²) in [7, 11) is 0. The Morgan fingerprint density at radius 3 is 2.23 bits per heavy atom. The molecule has 1 saturated carbocycles. The summed E-state index contributed by atoms with van der Waals surface area (Å²) in [6.07, 6.45) is 5.46. The maximum Gasteiger partial charge on any atom is 0.235 e. The number of amides is 2. The molecule has 3 N–H and O–H groups in total. The summed E-state index contributed by atoms with van der Waals surface area (Å²) >= 11 is 6.02. The van der Waals surface area contributed by atoms with E-state index in [1.807, 2.05) is 36.4 Å². The number of nitrogens with zero attached hydrogens (tertiary/aromatic N) is 1. The minimum atomic E-state index is -0.444. The molecule has 4 rings (SSSR count). The number of halogens is 1. The average Bonchev–Trinajstić information content (AvgIpc) is 2.74. The van der Waals surface area contributed by atoms with Gasteiger partial charge in [-0.05, 0) is 80.6 Å². The lowest BCUT2D eigenvalue weighted by molar-refractivity contribution is -0.124. The lowest BCUT2D eigenvalue weighted by Crippen LogP contribution is -2.46. The van der Waals surface area contributed by atoms with Crippen LogP contribution in [0.25, 0.3) is 0 Å². The smallest absolute Gasteiger partial charge is 0.235 e. The van der Waals surface area contributed by atoms with Gasteiger partial charge in [0.05, 0.1) is 5.41 Å². The van der Waals surface area contributed by atoms with Gasteiger partial charge in [-0.3, -0.25) is 9.59 Å². The predicted molar refractivity (Wildman–Crippen MR) is 124 cm³/mol. The van der Waals surface area contributed by atoms with Crippen molar-refractivity contribution in [1.82, 2.24) is 4.90 Å². The first-order valence-corrected chi connectivity index (χ1v) is 11.5. The largest absolute Gasteiger partial charge is 0.369 e. The van der Waals surface area contributed by atoms with Crippen LogP contribution in [0.2, 0.25) is 5.02 Å². The van der Waals surface area contributed by atoms with Gasteiger partial charge in [0, 0.05) is 23.2 Å². The van der Waals surface area contributed by atoms with E-state index in [1.54, 1.807) is 0 Å². The van der Waals surface area contributed by atoms with Crippen LogP contribution in [-0.2, 0) is 21.4 Å². The van der Waals surface area contributed by atoms with Crippen LogP contribution < -0.4 is 11.1 Å². The summed E-state index contributed by atoms with van der Waals surface area (Å²) < 4.78 is 0. The van der Waals surface area contributed by atoms with Crippen LogP contribution in [0, 0.1) is 5.92 Å². The van der Waals surface area contributed by atoms with Crippen LogP contribution >= 0.6 is 11.6 Å². The molecule has 2 fully saturated rings. The number of benzene rings is 2. The molecule has 2 aromatic carbocycles. The quantitative estimate of drug-likeness (QED) is 0.680. The van der Waals surface area contributed by atoms with Gasteiger partial charge in [-0.15, -0.1) is 0 Å². The molecule has 1 heterocycles. The second-order valence-electron chi connectivity index (χ2n) is 8.86. The number of anilines is 1. The van der Waals surface area contributed by atoms with Crippen LogP contribution in [-0.4, -0.2) is 36.3 Å². The van der Waals surface area contributed by atoms with E-state index >= 15 is 0 Å². The van der Waals surface area contributed by atoms with Crippen LogP contribution in [0.15, 0.2) is 48.5 Å². The molecule has 2 aromatic rings. The highest BCUT2D eigenvalue weighted by atomic mass is 35.5. The Kier molecular flexibility index (Phi) is 6.63. The highest BCUT2D eigenvalue weighted by Gasteiger charge is 2.45. The molecule has 0 atom stereocenters. The molecular formula is C25H30ClN3O2. The first-order chi connectivity index (χ1) is 15.0. The molecule has 31 heavy (non-hydrogen) atoms. The van der Waals surface area contributed by atoms with Gasteiger partial charge in [-0.2, -0.15) is 0 Å². The normalized spacial score (nSPS) is 18.9. The number of piperidine rings is 1. The molecule has 0 unspecified atom stereocenters. The van der Waals surface area contributed by atoms with Gasteiger partial charge in [-0.1, -0.05) is 42.3 Å². The molecule has 6 heteroatoms. The van der Waals surface area contributed by atoms with Crippen molar-refractivity contribution < 1.29 is 9.59 Å². The third-order valence-electron chi connectivity index (χ3n) is 6.96. The first kappa shape index (κ1) is 21.8. The molecule has 2 amide bonds. The maximum atomic E-state index is 13.1. The van der Waals surface area contributed by atoms with Crippen LogP contribution in [0.1, 0.15) is 43.2 Å². The van der Waals surface area contributed by atoms with E-state index in [9.17, 15) is 9.59 Å². The molecular weight excluding hydrogens is 410 g/mol. The Balaban J connectivity index is 1.31. The fraction of sp³-hybridized carbons (Fsp3) is 0.440. The maximum absolute atomic E-state index is 13.1. The van der Waals surface area contributed by atoms with Gasteiger partial charge in [0.15, 0.2) is 0 Å². The fourth-order valence-electron chi connectivity index (χ4n) is 4.68. The number of carbonyl (C=O) groups is 2. The van der Waals surface area contributed by atoms with Crippen molar-refractivity contribution in [2.75, 3.05) is 25.0 Å². The van der Waals surface area contributed by atoms with Gasteiger partial charge in [0.25, 0.3) is 0 Å². The van der Waals surface area contributed by atoms with E-state index in [1.165, 1.54) is 5.56 Å². The van der Waals surface area contributed by atoms with Crippen molar-refractivity contribution in [3.05, 3.63) is 64.7 Å². The minimum absolute atomic E-state index is 0.0333. The summed E-state index contributed by atoms with van der Waals surface area (Å²) in [4.78, 5) is 26.8. The van der Waals surface area contributed by atoms with Gasteiger partial charge in [0.1, 0.15) is 0 Å². The molecule has 1 aliphatic heterocycles. The molecule has 0 radical (unpaired) electrons. The highest BCUT2D eigenvalue weighted by molar-refractivity contribution is 6.30. The molecule has 0 bridgehead atoms. The Bertz CT molecular complexity index is 915. The van der Waals surface area contributed by atoms with Crippen LogP contribution in [0.5, 0.6) is 0 Å². The average molecular weight is 440 g/mol. The van der Waals surface area contributed by atoms with Crippen molar-refractivity contribution in [2.45, 2.75) is 43.9 Å². The van der Waals surface area contributed by atoms with Crippen LogP contribution in [0.3, 0.4) is 0 Å². The Labute approximate surface area is 188 Å². The third kappa shape index (κ3) is 4.94. The number of nitrogens with one attached hydrogen (secondary N) is 1. The zero-order chi connectivity index (χ0) is 21.8. The molecule has 0 spiro atoms. The van der Waals surface area contributed by atoms with Crippen molar-refractivity contribution in [3.8, 4) is 0 Å². The molecule has 5 nitrogen and oxygen atoms in total. The van der Waals surface area contributed by atoms with Crippen LogP contribution in [0.4, 0.5) is 5.69 Å². The van der Waals surface area contributed by atoms with Gasteiger partial charge >= 0.3 is 0 Å². The van der Waals surface area contributed by atoms with Gasteiger partial charge in [-0.25, -0.2) is 0 Å². The predicted octanol–water partition coefficient (Wildman–Crippen LogP) is 4.14. The van der Waals surface area contributed by atoms with E-state index in [2.05, 4.69) is 22.3 Å². The van der Waals surface area contributed by atoms with Gasteiger partial charge < -0.3 is 16.0 Å². The molecule has 0 aromatic heterocycles. The second-order valence-corrected chi connectivity index (χ2v) is 9.30. The molecule has 164 valence electrons. The summed E-state index contributed by atoms with van der Waals surface area (Å²) in [6.45, 7) is 2.82. The second kappa shape index (κ2) is 9.41. The van der Waals surface area contributed by atoms with Gasteiger partial charge in [0.2, 0.25) is 11.8 Å². The number of hydrogen-bond donors (Lipinski definition) is 2. The fourth-order valence-corrected chi connectivity index (χ4v) is 4.81. The highest BCUT2D eigenvalue weighted by Crippen LogP contribution is 2.44. The van der Waals surface area contributed by atoms with Crippen molar-refractivity contribution >= 4 is 29.1 Å². The zero-order valence-electron chi connectivity index (χ0n) is 17.8. The molecule has 2 aliphatic rings. The molecule has 1 aliphatic carbocycles. The van der Waals surface area contributed by atoms with Crippen molar-refractivity contribution in [1.29, 1.82) is 0 Å². The van der Waals surface area contributed by atoms with E-state index in [0.717, 1.165) is 69.4 Å². The number of nitrogens with two attached hydrogens (primary N) is 1. The summed E-state index contributed by atoms with van der Waals surface area (Å²) in [5, 5.41) is 3.81. The molecule has 1 saturated heterocycles. The lowest BCUT2D eigenvalue weighted by atomic mass is 9.64. The van der Waals surface area contributed by atoms with E-state index < -0.39 is 5.41 Å². The Morgan fingerprint density at radius 1 is 1.03 bits per heavy atom. The number of primary amides is 1. The topological polar surface area (TPSA) is 75.4 Å². The lowest BCUT2D eigenvalue weighted by Gasteiger charge is -2.40. The Morgan fingerprint density at radius 2 is 1.68 bits per heavy atom.